The lowest BCUT2D eigenvalue weighted by atomic mass is 9.48. The number of fused-ring (bicyclic) bond motifs is 1. The van der Waals surface area contributed by atoms with Gasteiger partial charge in [-0.2, -0.15) is 4.68 Å². The van der Waals surface area contributed by atoms with Crippen molar-refractivity contribution in [2.45, 2.75) is 51.0 Å². The molecule has 6 rings (SSSR count). The van der Waals surface area contributed by atoms with Crippen LogP contribution >= 0.6 is 0 Å². The topological polar surface area (TPSA) is 94.2 Å². The number of carbonyl (C=O) groups is 1. The Kier molecular flexibility index (Phi) is 3.30. The maximum absolute atomic E-state index is 13.1. The van der Waals surface area contributed by atoms with E-state index in [0.717, 1.165) is 22.9 Å². The monoisotopic (exact) mass is 356 g/mol. The Labute approximate surface area is 151 Å². The van der Waals surface area contributed by atoms with Crippen LogP contribution < -0.4 is 11.0 Å². The van der Waals surface area contributed by atoms with E-state index in [1.54, 1.807) is 0 Å². The van der Waals surface area contributed by atoms with Crippen LogP contribution in [0.3, 0.4) is 0 Å². The van der Waals surface area contributed by atoms with Crippen molar-refractivity contribution in [1.29, 1.82) is 0 Å². The summed E-state index contributed by atoms with van der Waals surface area (Å²) in [6, 6.07) is 0. The molecule has 0 unspecified atom stereocenters. The Hall–Kier alpha value is -2.25. The lowest BCUT2D eigenvalue weighted by Gasteiger charge is -2.61. The zero-order valence-corrected chi connectivity index (χ0v) is 15.2. The number of aromatic nitrogens is 5. The minimum absolute atomic E-state index is 0.145. The summed E-state index contributed by atoms with van der Waals surface area (Å²) in [5.74, 6) is 2.57. The third-order valence-electron chi connectivity index (χ3n) is 7.24. The first-order valence-electron chi connectivity index (χ1n) is 9.61. The highest BCUT2D eigenvalue weighted by molar-refractivity contribution is 5.98. The van der Waals surface area contributed by atoms with Crippen LogP contribution in [0.1, 0.15) is 55.9 Å². The summed E-state index contributed by atoms with van der Waals surface area (Å²) < 4.78 is 2.40. The van der Waals surface area contributed by atoms with Crippen LogP contribution in [0.4, 0.5) is 0 Å². The lowest BCUT2D eigenvalue weighted by molar-refractivity contribution is -0.0710. The smallest absolute Gasteiger partial charge is 0.345 e. The van der Waals surface area contributed by atoms with E-state index in [1.807, 2.05) is 0 Å². The molecule has 0 saturated heterocycles. The van der Waals surface area contributed by atoms with Gasteiger partial charge in [-0.05, 0) is 62.2 Å². The fourth-order valence-corrected chi connectivity index (χ4v) is 6.21. The average molecular weight is 356 g/mol. The summed E-state index contributed by atoms with van der Waals surface area (Å²) in [4.78, 5) is 29.4. The molecule has 8 heteroatoms. The van der Waals surface area contributed by atoms with E-state index < -0.39 is 0 Å². The molecule has 8 nitrogen and oxygen atoms in total. The second-order valence-electron chi connectivity index (χ2n) is 8.43. The molecule has 0 spiro atoms. The van der Waals surface area contributed by atoms with Gasteiger partial charge in [0, 0.05) is 12.6 Å². The van der Waals surface area contributed by atoms with Crippen molar-refractivity contribution in [2.24, 2.45) is 30.7 Å². The van der Waals surface area contributed by atoms with E-state index in [0.29, 0.717) is 11.8 Å². The minimum Gasteiger partial charge on any atom is -0.345 e. The van der Waals surface area contributed by atoms with Crippen molar-refractivity contribution in [3.05, 3.63) is 22.5 Å². The molecule has 4 aliphatic carbocycles. The van der Waals surface area contributed by atoms with Gasteiger partial charge >= 0.3 is 5.69 Å². The van der Waals surface area contributed by atoms with E-state index in [9.17, 15) is 9.59 Å². The molecule has 0 radical (unpaired) electrons. The first kappa shape index (κ1) is 16.0. The van der Waals surface area contributed by atoms with Gasteiger partial charge < -0.3 is 5.32 Å². The highest BCUT2D eigenvalue weighted by atomic mass is 16.2. The molecule has 0 aliphatic heterocycles. The zero-order valence-electron chi connectivity index (χ0n) is 15.2. The highest BCUT2D eigenvalue weighted by Crippen LogP contribution is 2.59. The molecule has 4 bridgehead atoms. The second kappa shape index (κ2) is 5.37. The Bertz CT molecular complexity index is 917. The van der Waals surface area contributed by atoms with Crippen LogP contribution in [0, 0.1) is 23.7 Å². The second-order valence-corrected chi connectivity index (χ2v) is 8.43. The van der Waals surface area contributed by atoms with Crippen molar-refractivity contribution in [1.82, 2.24) is 29.7 Å². The number of rotatable bonds is 3. The molecule has 138 valence electrons. The van der Waals surface area contributed by atoms with E-state index >= 15 is 0 Å². The Morgan fingerprint density at radius 2 is 1.88 bits per heavy atom. The van der Waals surface area contributed by atoms with Crippen LogP contribution in [-0.4, -0.2) is 35.8 Å². The van der Waals surface area contributed by atoms with Crippen LogP contribution in [0.15, 0.2) is 11.1 Å². The summed E-state index contributed by atoms with van der Waals surface area (Å²) in [5, 5.41) is 11.2. The Balaban J connectivity index is 1.50. The average Bonchev–Trinajstić information content (AvgIpc) is 3.05. The maximum Gasteiger partial charge on any atom is 0.352 e. The molecule has 1 N–H and O–H groups in total. The van der Waals surface area contributed by atoms with E-state index in [4.69, 9.17) is 0 Å². The molecule has 2 aromatic heterocycles. The van der Waals surface area contributed by atoms with Crippen LogP contribution in [0.25, 0.3) is 5.65 Å². The lowest BCUT2D eigenvalue weighted by Crippen LogP contribution is -2.65. The molecule has 1 amide bonds. The number of nitrogens with zero attached hydrogens (tertiary/aromatic N) is 5. The highest BCUT2D eigenvalue weighted by Gasteiger charge is 2.57. The number of nitrogens with one attached hydrogen (secondary N) is 1. The SMILES string of the molecule is CCC1(NC(=O)c2ncn3c(=O)n(C)nnc23)C2CC3CC(C2)CC1C3. The molecule has 0 atom stereocenters. The first-order chi connectivity index (χ1) is 12.5. The van der Waals surface area contributed by atoms with E-state index in [1.165, 1.54) is 49.9 Å². The zero-order chi connectivity index (χ0) is 18.1. The van der Waals surface area contributed by atoms with Crippen LogP contribution in [0.2, 0.25) is 0 Å². The fourth-order valence-electron chi connectivity index (χ4n) is 6.21. The maximum atomic E-state index is 13.1. The summed E-state index contributed by atoms with van der Waals surface area (Å²) in [5.41, 5.74) is -0.0907. The van der Waals surface area contributed by atoms with Crippen molar-refractivity contribution in [3.8, 4) is 0 Å². The van der Waals surface area contributed by atoms with Gasteiger partial charge in [0.1, 0.15) is 6.33 Å². The van der Waals surface area contributed by atoms with Crippen molar-refractivity contribution >= 4 is 11.6 Å². The molecule has 4 aliphatic rings. The summed E-state index contributed by atoms with van der Waals surface area (Å²) in [7, 11) is 1.52. The van der Waals surface area contributed by atoms with Gasteiger partial charge in [-0.1, -0.05) is 12.1 Å². The largest absolute Gasteiger partial charge is 0.352 e. The summed E-state index contributed by atoms with van der Waals surface area (Å²) >= 11 is 0. The predicted molar refractivity (Wildman–Crippen MR) is 93.6 cm³/mol. The number of aryl methyl sites for hydroxylation is 1. The molecule has 4 fully saturated rings. The molecular formula is C18H24N6O2. The fraction of sp³-hybridized carbons (Fsp3) is 0.722. The van der Waals surface area contributed by atoms with Gasteiger partial charge in [0.25, 0.3) is 5.91 Å². The van der Waals surface area contributed by atoms with Gasteiger partial charge in [0.2, 0.25) is 0 Å². The van der Waals surface area contributed by atoms with Gasteiger partial charge in [0.05, 0.1) is 0 Å². The van der Waals surface area contributed by atoms with Crippen molar-refractivity contribution in [2.75, 3.05) is 0 Å². The third-order valence-corrected chi connectivity index (χ3v) is 7.24. The standard InChI is InChI=1S/C18H24N6O2/c1-3-18(12-5-10-4-11(7-12)8-13(18)6-10)20-16(25)14-15-21-22-23(2)17(26)24(15)9-19-14/h9-13H,3-8H2,1-2H3,(H,20,25). The normalized spacial score (nSPS) is 35.2. The third kappa shape index (κ3) is 2.04. The molecule has 26 heavy (non-hydrogen) atoms. The number of amides is 1. The molecule has 4 saturated carbocycles. The summed E-state index contributed by atoms with van der Waals surface area (Å²) in [6.07, 6.45) is 8.59. The van der Waals surface area contributed by atoms with Gasteiger partial charge in [-0.15, -0.1) is 5.10 Å². The number of carbonyl (C=O) groups excluding carboxylic acids is 1. The van der Waals surface area contributed by atoms with E-state index in [-0.39, 0.29) is 28.5 Å². The number of hydrogen-bond donors (Lipinski definition) is 1. The van der Waals surface area contributed by atoms with E-state index in [2.05, 4.69) is 27.5 Å². The first-order valence-corrected chi connectivity index (χ1v) is 9.61. The van der Waals surface area contributed by atoms with Crippen molar-refractivity contribution in [3.63, 3.8) is 0 Å². The summed E-state index contributed by atoms with van der Waals surface area (Å²) in [6.45, 7) is 2.18. The molecular weight excluding hydrogens is 332 g/mol. The van der Waals surface area contributed by atoms with Crippen LogP contribution in [-0.2, 0) is 7.05 Å². The predicted octanol–water partition coefficient (Wildman–Crippen LogP) is 1.16. The number of imidazole rings is 1. The number of hydrogen-bond acceptors (Lipinski definition) is 5. The minimum atomic E-state index is -0.360. The van der Waals surface area contributed by atoms with Crippen LogP contribution in [0.5, 0.6) is 0 Å². The Morgan fingerprint density at radius 1 is 1.23 bits per heavy atom. The Morgan fingerprint density at radius 3 is 2.50 bits per heavy atom. The van der Waals surface area contributed by atoms with Gasteiger partial charge in [-0.25, -0.2) is 14.2 Å². The van der Waals surface area contributed by atoms with Gasteiger partial charge in [0.15, 0.2) is 11.3 Å². The molecule has 2 aromatic rings. The van der Waals surface area contributed by atoms with Gasteiger partial charge in [-0.3, -0.25) is 4.79 Å². The van der Waals surface area contributed by atoms with Crippen molar-refractivity contribution < 1.29 is 4.79 Å². The molecule has 2 heterocycles. The quantitative estimate of drug-likeness (QED) is 0.890. The molecule has 0 aromatic carbocycles.